The molecule has 1 aromatic carbocycles. The molecular weight excluding hydrogens is 383 g/mol. The van der Waals surface area contributed by atoms with Gasteiger partial charge in [0.1, 0.15) is 16.6 Å². The highest BCUT2D eigenvalue weighted by molar-refractivity contribution is 8.00. The Bertz CT molecular complexity index is 910. The fourth-order valence-corrected chi connectivity index (χ4v) is 4.94. The van der Waals surface area contributed by atoms with E-state index in [1.807, 2.05) is 11.8 Å². The summed E-state index contributed by atoms with van der Waals surface area (Å²) in [5, 5.41) is 2.87. The van der Waals surface area contributed by atoms with Crippen molar-refractivity contribution in [3.05, 3.63) is 41.2 Å². The molecule has 0 atom stereocenters. The van der Waals surface area contributed by atoms with Gasteiger partial charge in [0.2, 0.25) is 0 Å². The van der Waals surface area contributed by atoms with Gasteiger partial charge in [-0.05, 0) is 37.5 Å². The van der Waals surface area contributed by atoms with E-state index >= 15 is 0 Å². The Morgan fingerprint density at radius 2 is 1.89 bits per heavy atom. The molecule has 2 amide bonds. The van der Waals surface area contributed by atoms with E-state index in [9.17, 15) is 17.6 Å². The van der Waals surface area contributed by atoms with E-state index in [0.717, 1.165) is 12.8 Å². The second-order valence-corrected chi connectivity index (χ2v) is 8.45. The standard InChI is InChI=1S/C19H25FN4O3S/c1-3-9-21-19(25)24-11-4-10-23(12-13-24)18-14(2)17(28(26,27)22-18)15-5-7-16(20)8-6-15/h5-8H,3-4,9-13H2,1-2H3,(H,21,25). The van der Waals surface area contributed by atoms with E-state index in [-0.39, 0.29) is 10.9 Å². The van der Waals surface area contributed by atoms with Crippen molar-refractivity contribution >= 4 is 26.8 Å². The minimum absolute atomic E-state index is 0.0936. The van der Waals surface area contributed by atoms with E-state index < -0.39 is 15.8 Å². The molecule has 7 nitrogen and oxygen atoms in total. The molecule has 2 aliphatic heterocycles. The zero-order valence-corrected chi connectivity index (χ0v) is 16.9. The first-order valence-corrected chi connectivity index (χ1v) is 10.9. The maximum atomic E-state index is 13.2. The van der Waals surface area contributed by atoms with E-state index in [1.165, 1.54) is 24.3 Å². The number of amides is 2. The number of hydrogen-bond donors (Lipinski definition) is 1. The molecule has 1 fully saturated rings. The summed E-state index contributed by atoms with van der Waals surface area (Å²) in [4.78, 5) is 16.0. The number of urea groups is 1. The second kappa shape index (κ2) is 8.30. The van der Waals surface area contributed by atoms with Crippen molar-refractivity contribution < 1.29 is 17.6 Å². The Morgan fingerprint density at radius 3 is 2.57 bits per heavy atom. The Balaban J connectivity index is 1.80. The van der Waals surface area contributed by atoms with Crippen LogP contribution >= 0.6 is 0 Å². The van der Waals surface area contributed by atoms with Gasteiger partial charge < -0.3 is 15.1 Å². The molecule has 28 heavy (non-hydrogen) atoms. The van der Waals surface area contributed by atoms with Gasteiger partial charge >= 0.3 is 6.03 Å². The highest BCUT2D eigenvalue weighted by atomic mass is 32.2. The Labute approximate surface area is 165 Å². The van der Waals surface area contributed by atoms with Crippen LogP contribution in [0.25, 0.3) is 4.91 Å². The predicted molar refractivity (Wildman–Crippen MR) is 107 cm³/mol. The quantitative estimate of drug-likeness (QED) is 0.833. The summed E-state index contributed by atoms with van der Waals surface area (Å²) in [6.07, 6.45) is 1.59. The first-order valence-electron chi connectivity index (χ1n) is 9.43. The van der Waals surface area contributed by atoms with Crippen molar-refractivity contribution in [3.8, 4) is 0 Å². The van der Waals surface area contributed by atoms with Crippen molar-refractivity contribution in [1.82, 2.24) is 15.1 Å². The van der Waals surface area contributed by atoms with Crippen molar-refractivity contribution in [3.63, 3.8) is 0 Å². The molecular formula is C19H25FN4O3S. The maximum Gasteiger partial charge on any atom is 0.317 e. The van der Waals surface area contributed by atoms with Gasteiger partial charge in [0.05, 0.1) is 0 Å². The number of rotatable bonds is 3. The number of hydrogen-bond acceptors (Lipinski definition) is 4. The predicted octanol–water partition coefficient (Wildman–Crippen LogP) is 2.43. The molecule has 1 N–H and O–H groups in total. The number of carbonyl (C=O) groups excluding carboxylic acids is 1. The minimum Gasteiger partial charge on any atom is -0.354 e. The van der Waals surface area contributed by atoms with Gasteiger partial charge in [-0.25, -0.2) is 9.18 Å². The number of amidine groups is 1. The Morgan fingerprint density at radius 1 is 1.18 bits per heavy atom. The third-order valence-electron chi connectivity index (χ3n) is 4.86. The second-order valence-electron chi connectivity index (χ2n) is 6.91. The van der Waals surface area contributed by atoms with Crippen LogP contribution in [0.4, 0.5) is 9.18 Å². The SMILES string of the molecule is CCCNC(=O)N1CCCN(C2=NS(=O)(=O)C(c3ccc(F)cc3)=C2C)CC1. The lowest BCUT2D eigenvalue weighted by Gasteiger charge is -2.24. The lowest BCUT2D eigenvalue weighted by atomic mass is 10.1. The van der Waals surface area contributed by atoms with E-state index in [1.54, 1.807) is 11.8 Å². The summed E-state index contributed by atoms with van der Waals surface area (Å²) in [6.45, 7) is 6.57. The molecule has 3 rings (SSSR count). The van der Waals surface area contributed by atoms with Gasteiger partial charge in [-0.15, -0.1) is 4.40 Å². The fraction of sp³-hybridized carbons (Fsp3) is 0.474. The molecule has 2 heterocycles. The van der Waals surface area contributed by atoms with Crippen LogP contribution in [0.2, 0.25) is 0 Å². The Kier molecular flexibility index (Phi) is 6.02. The lowest BCUT2D eigenvalue weighted by molar-refractivity contribution is 0.200. The number of halogens is 1. The van der Waals surface area contributed by atoms with Crippen molar-refractivity contribution in [2.45, 2.75) is 26.7 Å². The monoisotopic (exact) mass is 408 g/mol. The molecule has 1 saturated heterocycles. The number of nitrogens with one attached hydrogen (secondary N) is 1. The van der Waals surface area contributed by atoms with E-state index in [2.05, 4.69) is 9.71 Å². The van der Waals surface area contributed by atoms with Gasteiger partial charge in [-0.3, -0.25) is 0 Å². The zero-order valence-electron chi connectivity index (χ0n) is 16.1. The number of carbonyl (C=O) groups is 1. The average molecular weight is 408 g/mol. The molecule has 0 radical (unpaired) electrons. The van der Waals surface area contributed by atoms with Crippen molar-refractivity contribution in [2.75, 3.05) is 32.7 Å². The van der Waals surface area contributed by atoms with Gasteiger partial charge in [0.25, 0.3) is 10.0 Å². The largest absolute Gasteiger partial charge is 0.354 e. The third-order valence-corrected chi connectivity index (χ3v) is 6.33. The minimum atomic E-state index is -3.84. The average Bonchev–Trinajstić information content (AvgIpc) is 2.83. The van der Waals surface area contributed by atoms with Gasteiger partial charge in [0.15, 0.2) is 0 Å². The summed E-state index contributed by atoms with van der Waals surface area (Å²) in [5.41, 5.74) is 0.975. The molecule has 0 unspecified atom stereocenters. The molecule has 0 saturated carbocycles. The molecule has 0 aliphatic carbocycles. The summed E-state index contributed by atoms with van der Waals surface area (Å²) in [6, 6.07) is 5.28. The topological polar surface area (TPSA) is 82.1 Å². The lowest BCUT2D eigenvalue weighted by Crippen LogP contribution is -2.42. The molecule has 0 bridgehead atoms. The van der Waals surface area contributed by atoms with Crippen LogP contribution in [-0.4, -0.2) is 62.8 Å². The summed E-state index contributed by atoms with van der Waals surface area (Å²) in [5.74, 6) is -0.0114. The van der Waals surface area contributed by atoms with E-state index in [4.69, 9.17) is 0 Å². The van der Waals surface area contributed by atoms with E-state index in [0.29, 0.717) is 49.7 Å². The smallest absolute Gasteiger partial charge is 0.317 e. The summed E-state index contributed by atoms with van der Waals surface area (Å²) < 4.78 is 42.5. The van der Waals surface area contributed by atoms with Crippen molar-refractivity contribution in [1.29, 1.82) is 0 Å². The molecule has 2 aliphatic rings. The molecule has 0 aromatic heterocycles. The van der Waals surface area contributed by atoms with Crippen LogP contribution in [0.5, 0.6) is 0 Å². The van der Waals surface area contributed by atoms with Gasteiger partial charge in [-0.1, -0.05) is 19.1 Å². The van der Waals surface area contributed by atoms with Crippen LogP contribution in [0.3, 0.4) is 0 Å². The zero-order chi connectivity index (χ0) is 20.3. The summed E-state index contributed by atoms with van der Waals surface area (Å²) >= 11 is 0. The van der Waals surface area contributed by atoms with Crippen LogP contribution in [-0.2, 0) is 10.0 Å². The van der Waals surface area contributed by atoms with Crippen LogP contribution in [0.15, 0.2) is 34.2 Å². The molecule has 1 aromatic rings. The molecule has 9 heteroatoms. The molecule has 0 spiro atoms. The fourth-order valence-electron chi connectivity index (χ4n) is 3.46. The van der Waals surface area contributed by atoms with Gasteiger partial charge in [-0.2, -0.15) is 8.42 Å². The summed E-state index contributed by atoms with van der Waals surface area (Å²) in [7, 11) is -3.84. The molecule has 152 valence electrons. The Hall–Kier alpha value is -2.42. The van der Waals surface area contributed by atoms with Crippen molar-refractivity contribution in [2.24, 2.45) is 4.40 Å². The van der Waals surface area contributed by atoms with Crippen LogP contribution < -0.4 is 5.32 Å². The first kappa shape index (κ1) is 20.3. The van der Waals surface area contributed by atoms with Crippen LogP contribution in [0, 0.1) is 5.82 Å². The number of nitrogens with zero attached hydrogens (tertiary/aromatic N) is 3. The van der Waals surface area contributed by atoms with Crippen LogP contribution in [0.1, 0.15) is 32.3 Å². The third kappa shape index (κ3) is 4.19. The number of sulfonamides is 1. The normalized spacial score (nSPS) is 19.5. The maximum absolute atomic E-state index is 13.2. The number of benzene rings is 1. The first-order chi connectivity index (χ1) is 13.3. The van der Waals surface area contributed by atoms with Gasteiger partial charge in [0, 0.05) is 38.3 Å². The highest BCUT2D eigenvalue weighted by Gasteiger charge is 2.34. The highest BCUT2D eigenvalue weighted by Crippen LogP contribution is 2.33.